The topological polar surface area (TPSA) is 85.1 Å². The molecule has 196 valence electrons. The van der Waals surface area contributed by atoms with E-state index in [2.05, 4.69) is 32.1 Å². The van der Waals surface area contributed by atoms with Gasteiger partial charge in [0.15, 0.2) is 5.75 Å². The van der Waals surface area contributed by atoms with E-state index in [1.807, 2.05) is 25.7 Å². The molecular formula is C28H36N6O3. The van der Waals surface area contributed by atoms with Crippen molar-refractivity contribution in [3.8, 4) is 5.75 Å². The van der Waals surface area contributed by atoms with Crippen molar-refractivity contribution in [3.63, 3.8) is 0 Å². The van der Waals surface area contributed by atoms with Crippen molar-refractivity contribution in [2.75, 3.05) is 39.4 Å². The number of ether oxygens (including phenoxy) is 2. The minimum atomic E-state index is -0.0687. The number of likely N-dealkylation sites (tertiary alicyclic amines) is 1. The van der Waals surface area contributed by atoms with Crippen molar-refractivity contribution in [2.24, 2.45) is 10.8 Å². The number of fused-ring (bicyclic) bond motifs is 1. The first-order valence-corrected chi connectivity index (χ1v) is 13.8. The molecular weight excluding hydrogens is 468 g/mol. The van der Waals surface area contributed by atoms with Gasteiger partial charge in [0.05, 0.1) is 36.6 Å². The first-order valence-electron chi connectivity index (χ1n) is 13.8. The molecule has 9 heteroatoms. The summed E-state index contributed by atoms with van der Waals surface area (Å²) in [5.74, 6) is 2.55. The number of morpholine rings is 1. The fourth-order valence-corrected chi connectivity index (χ4v) is 7.47. The standard InChI is InChI=1S/C28H36N6O3/c1-18-24(19(2)34-26(29-18)30-20(3)31-34)37-23-8-9-33(14-23)22-6-4-21(5-7-22)27-15-28(16-27,17-27)25(35)32-10-12-36-13-11-32/h4,6,23H,5,7-17H2,1-3H3/t23-,27?,28?/m1/s1. The number of allylic oxidation sites excluding steroid dienone is 4. The van der Waals surface area contributed by atoms with Crippen LogP contribution in [0.2, 0.25) is 0 Å². The van der Waals surface area contributed by atoms with Gasteiger partial charge in [0.1, 0.15) is 11.9 Å². The molecule has 9 nitrogen and oxygen atoms in total. The van der Waals surface area contributed by atoms with Crippen LogP contribution in [0.1, 0.15) is 55.7 Å². The molecule has 3 saturated carbocycles. The maximum absolute atomic E-state index is 13.1. The normalized spacial score (nSPS) is 31.1. The Morgan fingerprint density at radius 3 is 2.57 bits per heavy atom. The molecule has 8 rings (SSSR count). The van der Waals surface area contributed by atoms with Gasteiger partial charge in [-0.1, -0.05) is 11.6 Å². The molecule has 2 aromatic heterocycles. The predicted octanol–water partition coefficient (Wildman–Crippen LogP) is 3.14. The lowest BCUT2D eigenvalue weighted by Crippen LogP contribution is -2.69. The van der Waals surface area contributed by atoms with Crippen molar-refractivity contribution in [2.45, 2.75) is 65.4 Å². The van der Waals surface area contributed by atoms with Crippen molar-refractivity contribution in [1.29, 1.82) is 0 Å². The van der Waals surface area contributed by atoms with Crippen LogP contribution in [0.25, 0.3) is 5.78 Å². The summed E-state index contributed by atoms with van der Waals surface area (Å²) < 4.78 is 13.7. The SMILES string of the molecule is Cc1nc2nc(C)c(O[C@@H]3CCN(C4=CC=C(C56CC(C(=O)N7CCOCC7)(C5)C6)CC4)C3)c(C)n2n1. The highest BCUT2D eigenvalue weighted by atomic mass is 16.5. The fraction of sp³-hybridized carbons (Fsp3) is 0.643. The van der Waals surface area contributed by atoms with Gasteiger partial charge in [-0.3, -0.25) is 4.79 Å². The third-order valence-electron chi connectivity index (χ3n) is 9.37. The van der Waals surface area contributed by atoms with Crippen molar-refractivity contribution < 1.29 is 14.3 Å². The number of amides is 1. The predicted molar refractivity (Wildman–Crippen MR) is 137 cm³/mol. The molecule has 2 saturated heterocycles. The zero-order valence-corrected chi connectivity index (χ0v) is 22.1. The van der Waals surface area contributed by atoms with Crippen LogP contribution in [-0.4, -0.2) is 80.8 Å². The summed E-state index contributed by atoms with van der Waals surface area (Å²) in [6.45, 7) is 10.7. The Morgan fingerprint density at radius 2 is 1.84 bits per heavy atom. The van der Waals surface area contributed by atoms with Gasteiger partial charge in [0, 0.05) is 31.8 Å². The third kappa shape index (κ3) is 3.60. The monoisotopic (exact) mass is 504 g/mol. The molecule has 4 heterocycles. The van der Waals surface area contributed by atoms with Crippen molar-refractivity contribution >= 4 is 11.7 Å². The second kappa shape index (κ2) is 8.28. The number of rotatable bonds is 5. The van der Waals surface area contributed by atoms with E-state index < -0.39 is 0 Å². The van der Waals surface area contributed by atoms with Crippen LogP contribution in [-0.2, 0) is 9.53 Å². The Labute approximate surface area is 217 Å². The average molecular weight is 505 g/mol. The molecule has 4 aliphatic carbocycles. The van der Waals surface area contributed by atoms with Crippen LogP contribution in [0, 0.1) is 31.6 Å². The maximum atomic E-state index is 13.1. The highest BCUT2D eigenvalue weighted by Crippen LogP contribution is 2.77. The summed E-state index contributed by atoms with van der Waals surface area (Å²) in [7, 11) is 0. The minimum absolute atomic E-state index is 0.0687. The first kappa shape index (κ1) is 23.2. The number of aryl methyl sites for hydroxylation is 3. The largest absolute Gasteiger partial charge is 0.485 e. The van der Waals surface area contributed by atoms with Crippen LogP contribution in [0.3, 0.4) is 0 Å². The Bertz CT molecular complexity index is 1320. The zero-order valence-electron chi connectivity index (χ0n) is 22.1. The van der Waals surface area contributed by atoms with E-state index in [9.17, 15) is 4.79 Å². The van der Waals surface area contributed by atoms with Gasteiger partial charge < -0.3 is 19.3 Å². The van der Waals surface area contributed by atoms with Gasteiger partial charge in [0.2, 0.25) is 5.91 Å². The molecule has 1 atom stereocenters. The number of aromatic nitrogens is 4. The average Bonchev–Trinajstić information content (AvgIpc) is 3.47. The molecule has 5 fully saturated rings. The summed E-state index contributed by atoms with van der Waals surface area (Å²) in [6, 6.07) is 0. The third-order valence-corrected chi connectivity index (χ3v) is 9.37. The second-order valence-corrected chi connectivity index (χ2v) is 11.8. The smallest absolute Gasteiger partial charge is 0.253 e. The molecule has 2 aromatic rings. The number of nitrogens with zero attached hydrogens (tertiary/aromatic N) is 6. The van der Waals surface area contributed by atoms with Gasteiger partial charge >= 0.3 is 0 Å². The van der Waals surface area contributed by atoms with Gasteiger partial charge in [-0.05, 0) is 64.4 Å². The highest BCUT2D eigenvalue weighted by Gasteiger charge is 2.72. The Balaban J connectivity index is 0.979. The van der Waals surface area contributed by atoms with E-state index in [4.69, 9.17) is 9.47 Å². The molecule has 0 N–H and O–H groups in total. The maximum Gasteiger partial charge on any atom is 0.253 e. The summed E-state index contributed by atoms with van der Waals surface area (Å²) in [5.41, 5.74) is 5.02. The lowest BCUT2D eigenvalue weighted by atomic mass is 9.32. The molecule has 0 unspecified atom stereocenters. The zero-order chi connectivity index (χ0) is 25.4. The molecule has 0 spiro atoms. The molecule has 1 amide bonds. The van der Waals surface area contributed by atoms with Crippen LogP contribution < -0.4 is 4.74 Å². The van der Waals surface area contributed by atoms with Crippen molar-refractivity contribution in [3.05, 3.63) is 40.6 Å². The number of hydrogen-bond donors (Lipinski definition) is 0. The quantitative estimate of drug-likeness (QED) is 0.619. The van der Waals surface area contributed by atoms with Crippen molar-refractivity contribution in [1.82, 2.24) is 29.4 Å². The van der Waals surface area contributed by atoms with E-state index in [1.165, 1.54) is 5.70 Å². The summed E-state index contributed by atoms with van der Waals surface area (Å²) in [4.78, 5) is 26.6. The van der Waals surface area contributed by atoms with Crippen LogP contribution in [0.15, 0.2) is 23.4 Å². The second-order valence-electron chi connectivity index (χ2n) is 11.8. The van der Waals surface area contributed by atoms with E-state index in [0.717, 1.165) is 81.8 Å². The van der Waals surface area contributed by atoms with E-state index in [1.54, 1.807) is 10.1 Å². The molecule has 0 aromatic carbocycles. The van der Waals surface area contributed by atoms with Gasteiger partial charge in [0.25, 0.3) is 5.78 Å². The number of hydrogen-bond acceptors (Lipinski definition) is 7. The Morgan fingerprint density at radius 1 is 1.05 bits per heavy atom. The number of carbonyl (C=O) groups is 1. The molecule has 37 heavy (non-hydrogen) atoms. The first-order chi connectivity index (χ1) is 17.9. The Kier molecular flexibility index (Phi) is 5.19. The minimum Gasteiger partial charge on any atom is -0.485 e. The lowest BCUT2D eigenvalue weighted by Gasteiger charge is -2.71. The van der Waals surface area contributed by atoms with Crippen LogP contribution in [0.4, 0.5) is 0 Å². The van der Waals surface area contributed by atoms with Gasteiger partial charge in [-0.2, -0.15) is 9.50 Å². The van der Waals surface area contributed by atoms with E-state index in [-0.39, 0.29) is 11.5 Å². The van der Waals surface area contributed by atoms with E-state index in [0.29, 0.717) is 36.1 Å². The summed E-state index contributed by atoms with van der Waals surface area (Å²) >= 11 is 0. The van der Waals surface area contributed by atoms with E-state index >= 15 is 0 Å². The lowest BCUT2D eigenvalue weighted by molar-refractivity contribution is -0.205. The molecule has 6 aliphatic rings. The molecule has 2 aliphatic heterocycles. The van der Waals surface area contributed by atoms with Crippen LogP contribution in [0.5, 0.6) is 5.75 Å². The molecule has 2 bridgehead atoms. The summed E-state index contributed by atoms with van der Waals surface area (Å²) in [5, 5.41) is 4.47. The van der Waals surface area contributed by atoms with Gasteiger partial charge in [-0.25, -0.2) is 4.98 Å². The highest BCUT2D eigenvalue weighted by molar-refractivity contribution is 5.87. The summed E-state index contributed by atoms with van der Waals surface area (Å²) in [6.07, 6.45) is 11.2. The number of carbonyl (C=O) groups excluding carboxylic acids is 1. The van der Waals surface area contributed by atoms with Gasteiger partial charge in [-0.15, -0.1) is 5.10 Å². The fourth-order valence-electron chi connectivity index (χ4n) is 7.47. The molecule has 0 radical (unpaired) electrons. The van der Waals surface area contributed by atoms with Crippen LogP contribution >= 0.6 is 0 Å². The Hall–Kier alpha value is -2.94.